The van der Waals surface area contributed by atoms with Gasteiger partial charge < -0.3 is 15.4 Å². The summed E-state index contributed by atoms with van der Waals surface area (Å²) >= 11 is 6.27. The molecule has 4 rings (SSSR count). The van der Waals surface area contributed by atoms with Gasteiger partial charge in [0.2, 0.25) is 5.91 Å². The fourth-order valence-corrected chi connectivity index (χ4v) is 4.00. The number of ether oxygens (including phenoxy) is 1. The first kappa shape index (κ1) is 25.7. The van der Waals surface area contributed by atoms with E-state index in [-0.39, 0.29) is 29.3 Å². The first-order valence-electron chi connectivity index (χ1n) is 11.1. The third-order valence-corrected chi connectivity index (χ3v) is 5.93. The molecule has 11 heteroatoms. The maximum absolute atomic E-state index is 13.5. The minimum absolute atomic E-state index is 0.238. The Morgan fingerprint density at radius 3 is 2.64 bits per heavy atom. The van der Waals surface area contributed by atoms with Gasteiger partial charge in [-0.05, 0) is 61.4 Å². The summed E-state index contributed by atoms with van der Waals surface area (Å²) in [6, 6.07) is 11.9. The fourth-order valence-electron chi connectivity index (χ4n) is 3.75. The largest absolute Gasteiger partial charge is 0.414 e. The van der Waals surface area contributed by atoms with E-state index in [1.54, 1.807) is 18.2 Å². The average molecular weight is 523 g/mol. The van der Waals surface area contributed by atoms with Crippen LogP contribution in [0.4, 0.5) is 23.4 Å². The number of aromatic nitrogens is 2. The highest BCUT2D eigenvalue weighted by molar-refractivity contribution is 6.31. The molecule has 1 aliphatic rings. The molecule has 1 amide bonds. The Morgan fingerprint density at radius 1 is 1.28 bits per heavy atom. The molecule has 0 spiro atoms. The Hall–Kier alpha value is -3.37. The van der Waals surface area contributed by atoms with Gasteiger partial charge >= 0.3 is 6.18 Å². The number of rotatable bonds is 7. The zero-order valence-electron chi connectivity index (χ0n) is 19.2. The highest BCUT2D eigenvalue weighted by Crippen LogP contribution is 2.31. The van der Waals surface area contributed by atoms with E-state index in [4.69, 9.17) is 16.3 Å². The number of halogens is 5. The summed E-state index contributed by atoms with van der Waals surface area (Å²) in [6.45, 7) is 4.90. The molecule has 1 fully saturated rings. The molecule has 0 unspecified atom stereocenters. The van der Waals surface area contributed by atoms with Crippen LogP contribution in [0.5, 0.6) is 0 Å². The standard InChI is InChI=1S/C25H23ClF4N4O2/c1-14-7-18(12-31-14)24(35)32-23-11-22(34(33-23)21-5-3-20(27)4-6-21)17-8-16(9-19(26)10-17)13-36-15(2)25(28,29)30/h3-6,8-11,15,18,31H,1,7,12-13H2,2H3,(H,32,33,35)/t15-,18+/m1/s1. The van der Waals surface area contributed by atoms with Gasteiger partial charge in [0.15, 0.2) is 11.9 Å². The summed E-state index contributed by atoms with van der Waals surface area (Å²) in [5.41, 5.74) is 2.71. The molecule has 190 valence electrons. The number of benzene rings is 2. The minimum Gasteiger partial charge on any atom is -0.388 e. The van der Waals surface area contributed by atoms with Gasteiger partial charge in [-0.3, -0.25) is 4.79 Å². The molecule has 1 saturated heterocycles. The van der Waals surface area contributed by atoms with Crippen molar-refractivity contribution in [2.24, 2.45) is 5.92 Å². The number of nitrogens with one attached hydrogen (secondary N) is 2. The lowest BCUT2D eigenvalue weighted by Gasteiger charge is -2.17. The fraction of sp³-hybridized carbons (Fsp3) is 0.280. The second-order valence-corrected chi connectivity index (χ2v) is 8.96. The lowest BCUT2D eigenvalue weighted by atomic mass is 10.1. The van der Waals surface area contributed by atoms with Crippen LogP contribution in [-0.2, 0) is 16.1 Å². The van der Waals surface area contributed by atoms with Crippen LogP contribution in [0.2, 0.25) is 5.02 Å². The lowest BCUT2D eigenvalue weighted by Crippen LogP contribution is -2.28. The van der Waals surface area contributed by atoms with Crippen LogP contribution in [-0.4, -0.2) is 34.5 Å². The number of carbonyl (C=O) groups excluding carboxylic acids is 1. The normalized spacial score (nSPS) is 16.6. The number of allylic oxidation sites excluding steroid dienone is 1. The number of hydrogen-bond acceptors (Lipinski definition) is 4. The third-order valence-electron chi connectivity index (χ3n) is 5.71. The van der Waals surface area contributed by atoms with Gasteiger partial charge in [0.1, 0.15) is 5.82 Å². The maximum atomic E-state index is 13.5. The van der Waals surface area contributed by atoms with E-state index in [0.29, 0.717) is 35.5 Å². The molecular formula is C25H23ClF4N4O2. The Bertz CT molecular complexity index is 1270. The smallest absolute Gasteiger partial charge is 0.388 e. The molecule has 3 aromatic rings. The summed E-state index contributed by atoms with van der Waals surface area (Å²) < 4.78 is 58.6. The first-order valence-corrected chi connectivity index (χ1v) is 11.4. The molecule has 36 heavy (non-hydrogen) atoms. The summed E-state index contributed by atoms with van der Waals surface area (Å²) in [7, 11) is 0. The molecule has 0 radical (unpaired) electrons. The van der Waals surface area contributed by atoms with Crippen molar-refractivity contribution in [3.05, 3.63) is 77.2 Å². The molecule has 0 bridgehead atoms. The van der Waals surface area contributed by atoms with Crippen LogP contribution in [0.15, 0.2) is 60.8 Å². The Kier molecular flexibility index (Phi) is 7.37. The molecule has 2 heterocycles. The van der Waals surface area contributed by atoms with E-state index in [0.717, 1.165) is 12.6 Å². The van der Waals surface area contributed by atoms with Crippen molar-refractivity contribution >= 4 is 23.3 Å². The maximum Gasteiger partial charge on any atom is 0.414 e. The van der Waals surface area contributed by atoms with Gasteiger partial charge in [0.25, 0.3) is 0 Å². The van der Waals surface area contributed by atoms with Crippen molar-refractivity contribution in [2.45, 2.75) is 32.2 Å². The Morgan fingerprint density at radius 2 is 2.00 bits per heavy atom. The van der Waals surface area contributed by atoms with Crippen LogP contribution in [0, 0.1) is 11.7 Å². The Labute approximate surface area is 209 Å². The van der Waals surface area contributed by atoms with Crippen LogP contribution >= 0.6 is 11.6 Å². The van der Waals surface area contributed by atoms with Crippen molar-refractivity contribution in [3.8, 4) is 16.9 Å². The number of hydrogen-bond donors (Lipinski definition) is 2. The van der Waals surface area contributed by atoms with E-state index in [2.05, 4.69) is 22.3 Å². The predicted molar refractivity (Wildman–Crippen MR) is 128 cm³/mol. The number of alkyl halides is 3. The van der Waals surface area contributed by atoms with Gasteiger partial charge in [-0.2, -0.15) is 13.2 Å². The lowest BCUT2D eigenvalue weighted by molar-refractivity contribution is -0.217. The van der Waals surface area contributed by atoms with Crippen molar-refractivity contribution < 1.29 is 27.1 Å². The Balaban J connectivity index is 1.67. The van der Waals surface area contributed by atoms with Crippen molar-refractivity contribution in [2.75, 3.05) is 11.9 Å². The summed E-state index contributed by atoms with van der Waals surface area (Å²) in [4.78, 5) is 12.7. The second kappa shape index (κ2) is 10.3. The summed E-state index contributed by atoms with van der Waals surface area (Å²) in [5, 5.41) is 10.6. The summed E-state index contributed by atoms with van der Waals surface area (Å²) in [6.07, 6.45) is -5.94. The van der Waals surface area contributed by atoms with Gasteiger partial charge in [0, 0.05) is 28.9 Å². The van der Waals surface area contributed by atoms with Gasteiger partial charge in [-0.15, -0.1) is 5.10 Å². The number of anilines is 1. The molecule has 2 aromatic carbocycles. The minimum atomic E-state index is -4.49. The molecule has 2 N–H and O–H groups in total. The van der Waals surface area contributed by atoms with Crippen LogP contribution in [0.1, 0.15) is 18.9 Å². The van der Waals surface area contributed by atoms with Crippen LogP contribution < -0.4 is 10.6 Å². The van der Waals surface area contributed by atoms with Crippen LogP contribution in [0.3, 0.4) is 0 Å². The highest BCUT2D eigenvalue weighted by atomic mass is 35.5. The molecule has 2 atom stereocenters. The molecule has 1 aliphatic heterocycles. The third kappa shape index (κ3) is 6.06. The molecule has 6 nitrogen and oxygen atoms in total. The van der Waals surface area contributed by atoms with E-state index in [9.17, 15) is 22.4 Å². The predicted octanol–water partition coefficient (Wildman–Crippen LogP) is 5.86. The van der Waals surface area contributed by atoms with Crippen molar-refractivity contribution in [3.63, 3.8) is 0 Å². The van der Waals surface area contributed by atoms with E-state index in [1.807, 2.05) is 0 Å². The summed E-state index contributed by atoms with van der Waals surface area (Å²) in [5.74, 6) is -0.725. The molecule has 1 aromatic heterocycles. The van der Waals surface area contributed by atoms with Crippen molar-refractivity contribution in [1.82, 2.24) is 15.1 Å². The zero-order valence-corrected chi connectivity index (χ0v) is 20.0. The van der Waals surface area contributed by atoms with Gasteiger partial charge in [-0.1, -0.05) is 18.2 Å². The molecule has 0 aliphatic carbocycles. The highest BCUT2D eigenvalue weighted by Gasteiger charge is 2.36. The SMILES string of the molecule is C=C1C[C@H](C(=O)Nc2cc(-c3cc(Cl)cc(CO[C@H](C)C(F)(F)F)c3)n(-c3ccc(F)cc3)n2)CN1. The van der Waals surface area contributed by atoms with Gasteiger partial charge in [-0.25, -0.2) is 9.07 Å². The topological polar surface area (TPSA) is 68.2 Å². The van der Waals surface area contributed by atoms with E-state index < -0.39 is 18.1 Å². The van der Waals surface area contributed by atoms with E-state index >= 15 is 0 Å². The second-order valence-electron chi connectivity index (χ2n) is 8.52. The van der Waals surface area contributed by atoms with Crippen LogP contribution in [0.25, 0.3) is 16.9 Å². The van der Waals surface area contributed by atoms with Crippen molar-refractivity contribution in [1.29, 1.82) is 0 Å². The number of amides is 1. The number of carbonyl (C=O) groups is 1. The number of nitrogens with zero attached hydrogens (tertiary/aromatic N) is 2. The zero-order chi connectivity index (χ0) is 26.0. The van der Waals surface area contributed by atoms with E-state index in [1.165, 1.54) is 35.0 Å². The quantitative estimate of drug-likeness (QED) is 0.381. The average Bonchev–Trinajstić information content (AvgIpc) is 3.43. The molecule has 0 saturated carbocycles. The van der Waals surface area contributed by atoms with Gasteiger partial charge in [0.05, 0.1) is 23.9 Å². The monoisotopic (exact) mass is 522 g/mol. The molecular weight excluding hydrogens is 500 g/mol. The first-order chi connectivity index (χ1) is 17.0.